The van der Waals surface area contributed by atoms with E-state index in [9.17, 15) is 0 Å². The van der Waals surface area contributed by atoms with Gasteiger partial charge in [0.1, 0.15) is 18.2 Å². The van der Waals surface area contributed by atoms with Crippen LogP contribution in [0.1, 0.15) is 5.56 Å². The van der Waals surface area contributed by atoms with Crippen LogP contribution in [0.2, 0.25) is 0 Å². The number of rotatable bonds is 4. The Morgan fingerprint density at radius 3 is 2.67 bits per heavy atom. The third-order valence-electron chi connectivity index (χ3n) is 3.04. The maximum Gasteiger partial charge on any atom is 0.127 e. The summed E-state index contributed by atoms with van der Waals surface area (Å²) in [5.74, 6) is 1.09. The van der Waals surface area contributed by atoms with Gasteiger partial charge < -0.3 is 4.74 Å². The van der Waals surface area contributed by atoms with Crippen molar-refractivity contribution in [2.75, 3.05) is 0 Å². The summed E-state index contributed by atoms with van der Waals surface area (Å²) in [4.78, 5) is 7.02. The molecule has 0 radical (unpaired) electrons. The molecule has 0 saturated carbocycles. The summed E-state index contributed by atoms with van der Waals surface area (Å²) in [6.45, 7) is 0.502. The molecule has 0 unspecified atom stereocenters. The lowest BCUT2D eigenvalue weighted by atomic mass is 10.2. The minimum absolute atomic E-state index is 0.352. The van der Waals surface area contributed by atoms with E-state index in [1.807, 2.05) is 54.6 Å². The Morgan fingerprint density at radius 1 is 1.05 bits per heavy atom. The Morgan fingerprint density at radius 2 is 1.86 bits per heavy atom. The summed E-state index contributed by atoms with van der Waals surface area (Å²) < 4.78 is 5.76. The number of benzene rings is 2. The van der Waals surface area contributed by atoms with Gasteiger partial charge in [-0.05, 0) is 34.4 Å². The molecule has 0 aliphatic rings. The van der Waals surface area contributed by atoms with Gasteiger partial charge in [0.05, 0.1) is 5.52 Å². The van der Waals surface area contributed by atoms with E-state index in [2.05, 4.69) is 15.0 Å². The molecule has 5 heteroatoms. The fourth-order valence-corrected chi connectivity index (χ4v) is 2.02. The highest BCUT2D eigenvalue weighted by Gasteiger charge is 2.01. The highest BCUT2D eigenvalue weighted by atomic mass is 16.5. The van der Waals surface area contributed by atoms with Gasteiger partial charge in [-0.15, -0.1) is 0 Å². The van der Waals surface area contributed by atoms with E-state index in [1.165, 1.54) is 0 Å². The molecular formula is C16H12N4O. The van der Waals surface area contributed by atoms with Crippen molar-refractivity contribution in [2.45, 2.75) is 6.61 Å². The maximum atomic E-state index is 8.45. The average Bonchev–Trinajstić information content (AvgIpc) is 2.54. The highest BCUT2D eigenvalue weighted by Crippen LogP contribution is 2.22. The zero-order valence-electron chi connectivity index (χ0n) is 11.2. The summed E-state index contributed by atoms with van der Waals surface area (Å²) in [6.07, 6.45) is 0. The van der Waals surface area contributed by atoms with E-state index in [4.69, 9.17) is 10.3 Å². The third kappa shape index (κ3) is 3.11. The minimum atomic E-state index is 0.352. The fraction of sp³-hybridized carbons (Fsp3) is 0.0625. The Kier molecular flexibility index (Phi) is 3.67. The molecule has 0 aliphatic heterocycles. The molecule has 3 aromatic rings. The van der Waals surface area contributed by atoms with Gasteiger partial charge in [-0.2, -0.15) is 0 Å². The number of aromatic nitrogens is 1. The second-order valence-corrected chi connectivity index (χ2v) is 4.49. The van der Waals surface area contributed by atoms with Crippen LogP contribution >= 0.6 is 0 Å². The largest absolute Gasteiger partial charge is 0.489 e. The summed E-state index contributed by atoms with van der Waals surface area (Å²) in [5, 5.41) is 4.48. The normalized spacial score (nSPS) is 10.1. The summed E-state index contributed by atoms with van der Waals surface area (Å²) in [6, 6.07) is 19.2. The fourth-order valence-electron chi connectivity index (χ4n) is 2.02. The van der Waals surface area contributed by atoms with Gasteiger partial charge in [-0.1, -0.05) is 36.4 Å². The van der Waals surface area contributed by atoms with Crippen molar-refractivity contribution in [3.8, 4) is 5.75 Å². The molecule has 0 spiro atoms. The van der Waals surface area contributed by atoms with Crippen molar-refractivity contribution in [3.63, 3.8) is 0 Å². The Bertz CT molecular complexity index is 811. The van der Waals surface area contributed by atoms with Crippen molar-refractivity contribution in [1.82, 2.24) is 4.98 Å². The number of azide groups is 1. The van der Waals surface area contributed by atoms with Crippen LogP contribution in [0.25, 0.3) is 21.3 Å². The zero-order chi connectivity index (χ0) is 14.5. The van der Waals surface area contributed by atoms with Crippen molar-refractivity contribution in [2.24, 2.45) is 5.11 Å². The molecule has 5 nitrogen and oxygen atoms in total. The summed E-state index contributed by atoms with van der Waals surface area (Å²) in [5.41, 5.74) is 10.3. The molecule has 0 fully saturated rings. The monoisotopic (exact) mass is 276 g/mol. The van der Waals surface area contributed by atoms with Crippen molar-refractivity contribution in [3.05, 3.63) is 76.7 Å². The van der Waals surface area contributed by atoms with Gasteiger partial charge in [0.2, 0.25) is 0 Å². The van der Waals surface area contributed by atoms with Crippen LogP contribution in [0, 0.1) is 0 Å². The van der Waals surface area contributed by atoms with E-state index in [0.29, 0.717) is 12.4 Å². The molecular weight excluding hydrogens is 264 g/mol. The molecule has 0 N–H and O–H groups in total. The van der Waals surface area contributed by atoms with Crippen LogP contribution in [0.15, 0.2) is 65.8 Å². The van der Waals surface area contributed by atoms with Gasteiger partial charge >= 0.3 is 0 Å². The lowest BCUT2D eigenvalue weighted by Gasteiger charge is -2.07. The number of hydrogen-bond acceptors (Lipinski definition) is 3. The lowest BCUT2D eigenvalue weighted by Crippen LogP contribution is -1.95. The van der Waals surface area contributed by atoms with Crippen LogP contribution < -0.4 is 4.74 Å². The van der Waals surface area contributed by atoms with Gasteiger partial charge in [0.25, 0.3) is 0 Å². The molecule has 0 bridgehead atoms. The number of fused-ring (bicyclic) bond motifs is 1. The smallest absolute Gasteiger partial charge is 0.127 e. The van der Waals surface area contributed by atoms with Crippen molar-refractivity contribution >= 4 is 16.7 Å². The van der Waals surface area contributed by atoms with Crippen LogP contribution in [0.5, 0.6) is 5.75 Å². The van der Waals surface area contributed by atoms with Crippen molar-refractivity contribution in [1.29, 1.82) is 0 Å². The molecule has 0 aliphatic carbocycles. The van der Waals surface area contributed by atoms with Gasteiger partial charge in [0, 0.05) is 16.4 Å². The van der Waals surface area contributed by atoms with Gasteiger partial charge in [-0.3, -0.25) is 0 Å². The number of pyridine rings is 1. The predicted octanol–water partition coefficient (Wildman–Crippen LogP) is 4.76. The SMILES string of the molecule is [N-]=[N+]=Nc1ccc2ccc(OCc3ccccc3)cc2n1. The molecule has 0 amide bonds. The quantitative estimate of drug-likeness (QED) is 0.391. The average molecular weight is 276 g/mol. The maximum absolute atomic E-state index is 8.45. The molecule has 1 heterocycles. The predicted molar refractivity (Wildman–Crippen MR) is 81.3 cm³/mol. The number of hydrogen-bond donors (Lipinski definition) is 0. The lowest BCUT2D eigenvalue weighted by molar-refractivity contribution is 0.306. The van der Waals surface area contributed by atoms with E-state index in [0.717, 1.165) is 22.2 Å². The summed E-state index contributed by atoms with van der Waals surface area (Å²) in [7, 11) is 0. The first-order valence-corrected chi connectivity index (χ1v) is 6.48. The summed E-state index contributed by atoms with van der Waals surface area (Å²) >= 11 is 0. The molecule has 1 aromatic heterocycles. The highest BCUT2D eigenvalue weighted by molar-refractivity contribution is 5.81. The Balaban J connectivity index is 1.84. The second kappa shape index (κ2) is 5.94. The Labute approximate surface area is 121 Å². The van der Waals surface area contributed by atoms with E-state index in [1.54, 1.807) is 6.07 Å². The van der Waals surface area contributed by atoms with Crippen LogP contribution in [0.4, 0.5) is 5.82 Å². The van der Waals surface area contributed by atoms with Gasteiger partial charge in [0.15, 0.2) is 0 Å². The first kappa shape index (κ1) is 13.0. The van der Waals surface area contributed by atoms with Crippen LogP contribution in [-0.2, 0) is 6.61 Å². The molecule has 0 saturated heterocycles. The first-order valence-electron chi connectivity index (χ1n) is 6.48. The van der Waals surface area contributed by atoms with Crippen molar-refractivity contribution < 1.29 is 4.74 Å². The Hall–Kier alpha value is -3.04. The molecule has 3 rings (SSSR count). The van der Waals surface area contributed by atoms with Crippen LogP contribution in [-0.4, -0.2) is 4.98 Å². The molecule has 0 atom stereocenters. The van der Waals surface area contributed by atoms with Gasteiger partial charge in [-0.25, -0.2) is 4.98 Å². The third-order valence-corrected chi connectivity index (χ3v) is 3.04. The van der Waals surface area contributed by atoms with E-state index >= 15 is 0 Å². The molecule has 2 aromatic carbocycles. The standard InChI is InChI=1S/C16H12N4O/c17-20-19-16-9-7-13-6-8-14(10-15(13)18-16)21-11-12-4-2-1-3-5-12/h1-10H,11H2. The van der Waals surface area contributed by atoms with Crippen LogP contribution in [0.3, 0.4) is 0 Å². The first-order chi connectivity index (χ1) is 10.3. The minimum Gasteiger partial charge on any atom is -0.489 e. The van der Waals surface area contributed by atoms with E-state index in [-0.39, 0.29) is 0 Å². The number of ether oxygens (including phenoxy) is 1. The zero-order valence-corrected chi connectivity index (χ0v) is 11.2. The van der Waals surface area contributed by atoms with E-state index < -0.39 is 0 Å². The second-order valence-electron chi connectivity index (χ2n) is 4.49. The molecule has 21 heavy (non-hydrogen) atoms. The molecule has 102 valence electrons. The topological polar surface area (TPSA) is 70.9 Å². The number of nitrogens with zero attached hydrogens (tertiary/aromatic N) is 4.